The summed E-state index contributed by atoms with van der Waals surface area (Å²) in [5.41, 5.74) is 1.01. The topological polar surface area (TPSA) is 45.0 Å². The summed E-state index contributed by atoms with van der Waals surface area (Å²) in [6.45, 7) is 2.63. The van der Waals surface area contributed by atoms with Gasteiger partial charge in [0.15, 0.2) is 0 Å². The van der Waals surface area contributed by atoms with Crippen molar-refractivity contribution < 1.29 is 4.74 Å². The lowest BCUT2D eigenvalue weighted by molar-refractivity contribution is 0.340. The molecule has 1 aliphatic carbocycles. The quantitative estimate of drug-likeness (QED) is 0.822. The molecule has 1 aromatic rings. The molecule has 1 fully saturated rings. The predicted molar refractivity (Wildman–Crippen MR) is 62.1 cm³/mol. The van der Waals surface area contributed by atoms with Crippen LogP contribution in [-0.2, 0) is 0 Å². The summed E-state index contributed by atoms with van der Waals surface area (Å²) >= 11 is 0. The van der Waals surface area contributed by atoms with Gasteiger partial charge in [-0.3, -0.25) is 5.32 Å². The molecule has 1 aromatic carbocycles. The van der Waals surface area contributed by atoms with Crippen molar-refractivity contribution in [3.8, 4) is 11.8 Å². The molecule has 0 heterocycles. The molecule has 16 heavy (non-hydrogen) atoms. The molecule has 0 spiro atoms. The first-order valence-corrected chi connectivity index (χ1v) is 5.72. The van der Waals surface area contributed by atoms with E-state index in [0.717, 1.165) is 11.3 Å². The van der Waals surface area contributed by atoms with Gasteiger partial charge in [-0.25, -0.2) is 0 Å². The molecule has 0 saturated heterocycles. The van der Waals surface area contributed by atoms with Crippen molar-refractivity contribution >= 4 is 0 Å². The van der Waals surface area contributed by atoms with E-state index in [-0.39, 0.29) is 6.04 Å². The lowest BCUT2D eigenvalue weighted by Gasteiger charge is -2.11. The van der Waals surface area contributed by atoms with Crippen LogP contribution in [0.5, 0.6) is 5.75 Å². The number of benzene rings is 1. The van der Waals surface area contributed by atoms with E-state index in [2.05, 4.69) is 11.4 Å². The standard InChI is InChI=1S/C13H16N2O/c1-2-16-12-7-3-10(4-8-12)13(9-14)15-11-5-6-11/h3-4,7-8,11,13,15H,2,5-6H2,1H3. The molecule has 3 nitrogen and oxygen atoms in total. The highest BCUT2D eigenvalue weighted by atomic mass is 16.5. The van der Waals surface area contributed by atoms with E-state index in [9.17, 15) is 0 Å². The van der Waals surface area contributed by atoms with Crippen molar-refractivity contribution in [3.63, 3.8) is 0 Å². The van der Waals surface area contributed by atoms with Crippen LogP contribution in [-0.4, -0.2) is 12.6 Å². The van der Waals surface area contributed by atoms with E-state index < -0.39 is 0 Å². The SMILES string of the molecule is CCOc1ccc(C(C#N)NC2CC2)cc1. The van der Waals surface area contributed by atoms with Gasteiger partial charge in [0.05, 0.1) is 12.7 Å². The summed E-state index contributed by atoms with van der Waals surface area (Å²) in [6, 6.07) is 10.4. The third kappa shape index (κ3) is 2.74. The molecule has 0 bridgehead atoms. The minimum atomic E-state index is -0.192. The van der Waals surface area contributed by atoms with Crippen molar-refractivity contribution in [2.24, 2.45) is 0 Å². The number of nitrogens with one attached hydrogen (secondary N) is 1. The maximum Gasteiger partial charge on any atom is 0.121 e. The number of nitrogens with zero attached hydrogens (tertiary/aromatic N) is 1. The van der Waals surface area contributed by atoms with Crippen molar-refractivity contribution in [3.05, 3.63) is 29.8 Å². The van der Waals surface area contributed by atoms with E-state index in [1.54, 1.807) is 0 Å². The van der Waals surface area contributed by atoms with Crippen LogP contribution in [0, 0.1) is 11.3 Å². The Morgan fingerprint density at radius 2 is 2.12 bits per heavy atom. The Balaban J connectivity index is 2.03. The van der Waals surface area contributed by atoms with Crippen LogP contribution in [0.3, 0.4) is 0 Å². The summed E-state index contributed by atoms with van der Waals surface area (Å²) in [6.07, 6.45) is 2.38. The normalized spacial score (nSPS) is 16.5. The van der Waals surface area contributed by atoms with Gasteiger partial charge in [-0.2, -0.15) is 5.26 Å². The second-order valence-corrected chi connectivity index (χ2v) is 4.01. The monoisotopic (exact) mass is 216 g/mol. The van der Waals surface area contributed by atoms with Gasteiger partial charge in [-0.05, 0) is 37.5 Å². The van der Waals surface area contributed by atoms with Crippen molar-refractivity contribution in [2.45, 2.75) is 31.8 Å². The van der Waals surface area contributed by atoms with E-state index in [4.69, 9.17) is 10.00 Å². The maximum atomic E-state index is 9.09. The maximum absolute atomic E-state index is 9.09. The zero-order valence-electron chi connectivity index (χ0n) is 9.44. The fourth-order valence-corrected chi connectivity index (χ4v) is 1.62. The van der Waals surface area contributed by atoms with E-state index in [0.29, 0.717) is 12.6 Å². The second-order valence-electron chi connectivity index (χ2n) is 4.01. The number of rotatable bonds is 5. The first-order chi connectivity index (χ1) is 7.83. The molecule has 2 rings (SSSR count). The summed E-state index contributed by atoms with van der Waals surface area (Å²) < 4.78 is 5.36. The number of nitriles is 1. The Bertz CT molecular complexity index is 376. The molecule has 0 radical (unpaired) electrons. The highest BCUT2D eigenvalue weighted by Crippen LogP contribution is 2.24. The summed E-state index contributed by atoms with van der Waals surface area (Å²) in [5.74, 6) is 0.856. The zero-order chi connectivity index (χ0) is 11.4. The third-order valence-corrected chi connectivity index (χ3v) is 2.63. The third-order valence-electron chi connectivity index (χ3n) is 2.63. The Morgan fingerprint density at radius 3 is 2.62 bits per heavy atom. The summed E-state index contributed by atoms with van der Waals surface area (Å²) in [4.78, 5) is 0. The van der Waals surface area contributed by atoms with Gasteiger partial charge >= 0.3 is 0 Å². The molecule has 1 unspecified atom stereocenters. The first-order valence-electron chi connectivity index (χ1n) is 5.72. The smallest absolute Gasteiger partial charge is 0.121 e. The van der Waals surface area contributed by atoms with Crippen molar-refractivity contribution in [2.75, 3.05) is 6.61 Å². The van der Waals surface area contributed by atoms with Crippen molar-refractivity contribution in [1.82, 2.24) is 5.32 Å². The Hall–Kier alpha value is -1.53. The number of hydrogen-bond acceptors (Lipinski definition) is 3. The van der Waals surface area contributed by atoms with Crippen molar-refractivity contribution in [1.29, 1.82) is 5.26 Å². The van der Waals surface area contributed by atoms with Crippen LogP contribution in [0.1, 0.15) is 31.4 Å². The molecular weight excluding hydrogens is 200 g/mol. The lowest BCUT2D eigenvalue weighted by atomic mass is 10.1. The molecule has 1 aliphatic rings. The number of ether oxygens (including phenoxy) is 1. The van der Waals surface area contributed by atoms with Crippen LogP contribution in [0.2, 0.25) is 0 Å². The van der Waals surface area contributed by atoms with Crippen LogP contribution in [0.15, 0.2) is 24.3 Å². The molecule has 3 heteroatoms. The Kier molecular flexibility index (Phi) is 3.43. The molecule has 0 aromatic heterocycles. The fourth-order valence-electron chi connectivity index (χ4n) is 1.62. The Morgan fingerprint density at radius 1 is 1.44 bits per heavy atom. The molecule has 1 atom stereocenters. The van der Waals surface area contributed by atoms with Crippen LogP contribution in [0.25, 0.3) is 0 Å². The second kappa shape index (κ2) is 5.00. The van der Waals surface area contributed by atoms with Crippen LogP contribution < -0.4 is 10.1 Å². The average molecular weight is 216 g/mol. The lowest BCUT2D eigenvalue weighted by Crippen LogP contribution is -2.21. The van der Waals surface area contributed by atoms with E-state index in [1.165, 1.54) is 12.8 Å². The molecule has 1 N–H and O–H groups in total. The minimum absolute atomic E-state index is 0.192. The van der Waals surface area contributed by atoms with Gasteiger partial charge in [0.25, 0.3) is 0 Å². The molecule has 84 valence electrons. The fraction of sp³-hybridized carbons (Fsp3) is 0.462. The van der Waals surface area contributed by atoms with E-state index in [1.807, 2.05) is 31.2 Å². The van der Waals surface area contributed by atoms with Gasteiger partial charge in [0.1, 0.15) is 11.8 Å². The zero-order valence-corrected chi connectivity index (χ0v) is 9.44. The summed E-state index contributed by atoms with van der Waals surface area (Å²) in [5, 5.41) is 12.4. The van der Waals surface area contributed by atoms with Gasteiger partial charge in [-0.1, -0.05) is 12.1 Å². The average Bonchev–Trinajstić information content (AvgIpc) is 3.11. The first kappa shape index (κ1) is 11.0. The van der Waals surface area contributed by atoms with Gasteiger partial charge in [0, 0.05) is 6.04 Å². The highest BCUT2D eigenvalue weighted by molar-refractivity contribution is 5.31. The largest absolute Gasteiger partial charge is 0.494 e. The van der Waals surface area contributed by atoms with Gasteiger partial charge in [0.2, 0.25) is 0 Å². The molecule has 0 aliphatic heterocycles. The minimum Gasteiger partial charge on any atom is -0.494 e. The number of hydrogen-bond donors (Lipinski definition) is 1. The molecule has 1 saturated carbocycles. The highest BCUT2D eigenvalue weighted by Gasteiger charge is 2.25. The van der Waals surface area contributed by atoms with Gasteiger partial charge in [-0.15, -0.1) is 0 Å². The van der Waals surface area contributed by atoms with Crippen LogP contribution >= 0.6 is 0 Å². The van der Waals surface area contributed by atoms with Gasteiger partial charge < -0.3 is 4.74 Å². The van der Waals surface area contributed by atoms with E-state index >= 15 is 0 Å². The predicted octanol–water partition coefficient (Wildman–Crippen LogP) is 2.40. The molecule has 0 amide bonds. The van der Waals surface area contributed by atoms with Crippen LogP contribution in [0.4, 0.5) is 0 Å². The molecular formula is C13H16N2O. The summed E-state index contributed by atoms with van der Waals surface area (Å²) in [7, 11) is 0. The Labute approximate surface area is 96.0 Å².